The molecule has 0 radical (unpaired) electrons. The van der Waals surface area contributed by atoms with Gasteiger partial charge in [0, 0.05) is 18.7 Å². The molecule has 0 bridgehead atoms. The van der Waals surface area contributed by atoms with E-state index >= 15 is 0 Å². The molecule has 1 atom stereocenters. The Balaban J connectivity index is 1.42. The lowest BCUT2D eigenvalue weighted by molar-refractivity contribution is -0.274. The summed E-state index contributed by atoms with van der Waals surface area (Å²) < 4.78 is 51.5. The van der Waals surface area contributed by atoms with Gasteiger partial charge in [-0.1, -0.05) is 17.2 Å². The third kappa shape index (κ3) is 5.05. The molecule has 1 saturated heterocycles. The number of ether oxygens (including phenoxy) is 2. The van der Waals surface area contributed by atoms with Crippen LogP contribution in [0.4, 0.5) is 24.9 Å². The number of carbonyl (C=O) groups excluding carboxylic acids is 2. The van der Waals surface area contributed by atoms with Gasteiger partial charge in [-0.3, -0.25) is 14.9 Å². The van der Waals surface area contributed by atoms with Crippen molar-refractivity contribution in [2.45, 2.75) is 18.7 Å². The van der Waals surface area contributed by atoms with Gasteiger partial charge in [-0.2, -0.15) is 0 Å². The first-order chi connectivity index (χ1) is 15.7. The molecule has 0 saturated carbocycles. The molecule has 0 aliphatic carbocycles. The smallest absolute Gasteiger partial charge is 0.496 e. The lowest BCUT2D eigenvalue weighted by Crippen LogP contribution is -2.24. The summed E-state index contributed by atoms with van der Waals surface area (Å²) in [5.41, 5.74) is 0.682. The number of anilines is 2. The maximum atomic E-state index is 12.5. The van der Waals surface area contributed by atoms with Gasteiger partial charge < -0.3 is 18.8 Å². The van der Waals surface area contributed by atoms with Crippen LogP contribution in [0.15, 0.2) is 52.9 Å². The number of nitrogens with zero attached hydrogens (tertiary/aromatic N) is 3. The fourth-order valence-electron chi connectivity index (χ4n) is 3.40. The first-order valence-electron chi connectivity index (χ1n) is 9.67. The summed E-state index contributed by atoms with van der Waals surface area (Å²) in [6, 6.07) is 11.4. The molecule has 0 spiro atoms. The Labute approximate surface area is 185 Å². The third-order valence-electron chi connectivity index (χ3n) is 4.87. The fraction of sp³-hybridized carbons (Fsp3) is 0.238. The Morgan fingerprint density at radius 3 is 2.58 bits per heavy atom. The quantitative estimate of drug-likeness (QED) is 0.595. The summed E-state index contributed by atoms with van der Waals surface area (Å²) in [6.45, 7) is 0.181. The van der Waals surface area contributed by atoms with E-state index in [4.69, 9.17) is 9.15 Å². The molecular weight excluding hydrogens is 445 g/mol. The Bertz CT molecular complexity index is 1160. The van der Waals surface area contributed by atoms with Gasteiger partial charge in [0.15, 0.2) is 0 Å². The highest BCUT2D eigenvalue weighted by Crippen LogP contribution is 2.33. The van der Waals surface area contributed by atoms with E-state index in [1.165, 1.54) is 24.1 Å². The minimum absolute atomic E-state index is 0.0584. The zero-order valence-electron chi connectivity index (χ0n) is 17.1. The standard InChI is InChI=1S/C21H17F3N4O5/c1-31-16-5-3-2-4-15(16)18(30)25-20-27-26-19(32-20)12-10-17(29)28(11-12)13-6-8-14(9-7-13)33-21(22,23)24/h2-9,12H,10-11H2,1H3,(H,25,27,30)/t12-/m1/s1. The second-order valence-electron chi connectivity index (χ2n) is 7.05. The van der Waals surface area contributed by atoms with E-state index in [0.29, 0.717) is 11.4 Å². The van der Waals surface area contributed by atoms with E-state index in [9.17, 15) is 22.8 Å². The van der Waals surface area contributed by atoms with Crippen molar-refractivity contribution < 1.29 is 36.7 Å². The predicted molar refractivity (Wildman–Crippen MR) is 108 cm³/mol. The van der Waals surface area contributed by atoms with E-state index in [-0.39, 0.29) is 42.1 Å². The van der Waals surface area contributed by atoms with Gasteiger partial charge in [0.2, 0.25) is 11.8 Å². The second-order valence-corrected chi connectivity index (χ2v) is 7.05. The van der Waals surface area contributed by atoms with E-state index < -0.39 is 18.2 Å². The summed E-state index contributed by atoms with van der Waals surface area (Å²) in [7, 11) is 1.44. The first kappa shape index (κ1) is 22.1. The van der Waals surface area contributed by atoms with E-state index in [1.54, 1.807) is 24.3 Å². The molecule has 2 aromatic carbocycles. The number of para-hydroxylation sites is 1. The lowest BCUT2D eigenvalue weighted by atomic mass is 10.1. The Morgan fingerprint density at radius 2 is 1.88 bits per heavy atom. The molecule has 172 valence electrons. The molecule has 12 heteroatoms. The fourth-order valence-corrected chi connectivity index (χ4v) is 3.40. The molecule has 2 amide bonds. The molecule has 1 aliphatic heterocycles. The van der Waals surface area contributed by atoms with Crippen LogP contribution in [-0.2, 0) is 4.79 Å². The van der Waals surface area contributed by atoms with Crippen LogP contribution in [0.1, 0.15) is 28.6 Å². The van der Waals surface area contributed by atoms with Crippen LogP contribution in [0.2, 0.25) is 0 Å². The van der Waals surface area contributed by atoms with Crippen molar-refractivity contribution in [3.05, 3.63) is 60.0 Å². The van der Waals surface area contributed by atoms with Gasteiger partial charge in [-0.15, -0.1) is 18.3 Å². The van der Waals surface area contributed by atoms with E-state index in [2.05, 4.69) is 20.3 Å². The van der Waals surface area contributed by atoms with Crippen LogP contribution in [-0.4, -0.2) is 42.0 Å². The van der Waals surface area contributed by atoms with Crippen molar-refractivity contribution in [2.75, 3.05) is 23.9 Å². The molecule has 1 aromatic heterocycles. The van der Waals surface area contributed by atoms with Gasteiger partial charge >= 0.3 is 12.4 Å². The van der Waals surface area contributed by atoms with E-state index in [0.717, 1.165) is 12.1 Å². The monoisotopic (exact) mass is 462 g/mol. The van der Waals surface area contributed by atoms with Crippen LogP contribution >= 0.6 is 0 Å². The molecule has 1 fully saturated rings. The summed E-state index contributed by atoms with van der Waals surface area (Å²) >= 11 is 0. The van der Waals surface area contributed by atoms with Gasteiger partial charge in [0.05, 0.1) is 18.6 Å². The molecule has 4 rings (SSSR count). The number of halogens is 3. The number of carbonyl (C=O) groups is 2. The van der Waals surface area contributed by atoms with Crippen LogP contribution in [0.3, 0.4) is 0 Å². The Kier molecular flexibility index (Phi) is 5.90. The number of amides is 2. The third-order valence-corrected chi connectivity index (χ3v) is 4.87. The van der Waals surface area contributed by atoms with E-state index in [1.807, 2.05) is 0 Å². The minimum atomic E-state index is -4.80. The van der Waals surface area contributed by atoms with Crippen molar-refractivity contribution >= 4 is 23.5 Å². The molecule has 33 heavy (non-hydrogen) atoms. The van der Waals surface area contributed by atoms with Gasteiger partial charge in [-0.05, 0) is 36.4 Å². The highest BCUT2D eigenvalue weighted by atomic mass is 19.4. The lowest BCUT2D eigenvalue weighted by Gasteiger charge is -2.17. The average Bonchev–Trinajstić information content (AvgIpc) is 3.39. The first-order valence-corrected chi connectivity index (χ1v) is 9.67. The number of benzene rings is 2. The minimum Gasteiger partial charge on any atom is -0.496 e. The van der Waals surface area contributed by atoms with Crippen LogP contribution in [0.25, 0.3) is 0 Å². The number of rotatable bonds is 6. The molecular formula is C21H17F3N4O5. The molecule has 2 heterocycles. The number of nitrogens with one attached hydrogen (secondary N) is 1. The molecule has 9 nitrogen and oxygen atoms in total. The van der Waals surface area contributed by atoms with Crippen LogP contribution in [0, 0.1) is 0 Å². The topological polar surface area (TPSA) is 107 Å². The van der Waals surface area contributed by atoms with Crippen LogP contribution in [0.5, 0.6) is 11.5 Å². The Hall–Kier alpha value is -4.09. The van der Waals surface area contributed by atoms with Crippen LogP contribution < -0.4 is 19.7 Å². The van der Waals surface area contributed by atoms with Crippen molar-refractivity contribution in [1.82, 2.24) is 10.2 Å². The molecule has 1 N–H and O–H groups in total. The zero-order valence-corrected chi connectivity index (χ0v) is 17.1. The number of hydrogen-bond acceptors (Lipinski definition) is 7. The van der Waals surface area contributed by atoms with Gasteiger partial charge in [0.1, 0.15) is 11.5 Å². The molecule has 0 unspecified atom stereocenters. The highest BCUT2D eigenvalue weighted by Gasteiger charge is 2.36. The summed E-state index contributed by atoms with van der Waals surface area (Å²) in [5, 5.41) is 10.2. The Morgan fingerprint density at radius 1 is 1.15 bits per heavy atom. The van der Waals surface area contributed by atoms with Crippen molar-refractivity contribution in [1.29, 1.82) is 0 Å². The maximum absolute atomic E-state index is 12.5. The highest BCUT2D eigenvalue weighted by molar-refractivity contribution is 6.05. The van der Waals surface area contributed by atoms with Crippen molar-refractivity contribution in [3.8, 4) is 11.5 Å². The zero-order chi connectivity index (χ0) is 23.6. The maximum Gasteiger partial charge on any atom is 0.573 e. The summed E-state index contributed by atoms with van der Waals surface area (Å²) in [6.07, 6.45) is -4.74. The van der Waals surface area contributed by atoms with Gasteiger partial charge in [-0.25, -0.2) is 0 Å². The molecule has 1 aliphatic rings. The normalized spacial score (nSPS) is 16.1. The largest absolute Gasteiger partial charge is 0.573 e. The summed E-state index contributed by atoms with van der Waals surface area (Å²) in [4.78, 5) is 26.3. The van der Waals surface area contributed by atoms with Crippen molar-refractivity contribution in [2.24, 2.45) is 0 Å². The predicted octanol–water partition coefficient (Wildman–Crippen LogP) is 3.75. The molecule has 3 aromatic rings. The number of methoxy groups -OCH3 is 1. The summed E-state index contributed by atoms with van der Waals surface area (Å²) in [5.74, 6) is -1.08. The van der Waals surface area contributed by atoms with Gasteiger partial charge in [0.25, 0.3) is 5.91 Å². The second kappa shape index (κ2) is 8.81. The number of alkyl halides is 3. The number of aromatic nitrogens is 2. The van der Waals surface area contributed by atoms with Crippen molar-refractivity contribution in [3.63, 3.8) is 0 Å². The average molecular weight is 462 g/mol. The SMILES string of the molecule is COc1ccccc1C(=O)Nc1nnc([C@@H]2CC(=O)N(c3ccc(OC(F)(F)F)cc3)C2)o1. The number of hydrogen-bond donors (Lipinski definition) is 1.